The van der Waals surface area contributed by atoms with Crippen LogP contribution in [0.3, 0.4) is 0 Å². The third-order valence-corrected chi connectivity index (χ3v) is 2.51. The van der Waals surface area contributed by atoms with E-state index in [4.69, 9.17) is 11.6 Å². The van der Waals surface area contributed by atoms with Gasteiger partial charge in [-0.3, -0.25) is 0 Å². The fourth-order valence-corrected chi connectivity index (χ4v) is 1.57. The molecule has 0 saturated heterocycles. The van der Waals surface area contributed by atoms with Gasteiger partial charge in [0.25, 0.3) is 0 Å². The average molecular weight is 233 g/mol. The molecule has 0 saturated carbocycles. The van der Waals surface area contributed by atoms with Gasteiger partial charge in [-0.15, -0.1) is 0 Å². The molecule has 0 fully saturated rings. The van der Waals surface area contributed by atoms with Crippen LogP contribution >= 0.6 is 11.6 Å². The minimum absolute atomic E-state index is 0.661. The van der Waals surface area contributed by atoms with E-state index in [1.165, 1.54) is 5.56 Å². The van der Waals surface area contributed by atoms with Gasteiger partial charge in [0, 0.05) is 12.7 Å². The third kappa shape index (κ3) is 3.24. The number of pyridine rings is 1. The number of benzene rings is 1. The highest BCUT2D eigenvalue weighted by Gasteiger charge is 1.94. The van der Waals surface area contributed by atoms with Crippen LogP contribution in [0.4, 0.5) is 5.82 Å². The smallest absolute Gasteiger partial charge is 0.125 e. The van der Waals surface area contributed by atoms with Gasteiger partial charge in [0.2, 0.25) is 0 Å². The third-order valence-electron chi connectivity index (χ3n) is 2.29. The Kier molecular flexibility index (Phi) is 3.78. The molecule has 82 valence electrons. The number of halogens is 1. The number of aromatic nitrogens is 1. The van der Waals surface area contributed by atoms with Gasteiger partial charge in [-0.25, -0.2) is 4.98 Å². The van der Waals surface area contributed by atoms with E-state index in [9.17, 15) is 0 Å². The van der Waals surface area contributed by atoms with Crippen LogP contribution in [-0.4, -0.2) is 11.5 Å². The Morgan fingerprint density at radius 3 is 2.56 bits per heavy atom. The fraction of sp³-hybridized carbons (Fsp3) is 0.154. The van der Waals surface area contributed by atoms with Crippen molar-refractivity contribution in [2.75, 3.05) is 11.9 Å². The van der Waals surface area contributed by atoms with Gasteiger partial charge in [-0.1, -0.05) is 41.9 Å². The maximum absolute atomic E-state index is 5.75. The second-order valence-electron chi connectivity index (χ2n) is 3.52. The lowest BCUT2D eigenvalue weighted by molar-refractivity contribution is 1.01. The molecule has 0 aliphatic rings. The Bertz CT molecular complexity index is 425. The van der Waals surface area contributed by atoms with Crippen LogP contribution in [0.5, 0.6) is 0 Å². The molecule has 2 rings (SSSR count). The summed E-state index contributed by atoms with van der Waals surface area (Å²) in [5.74, 6) is 0.861. The molecule has 0 spiro atoms. The van der Waals surface area contributed by atoms with Crippen LogP contribution in [0, 0.1) is 0 Å². The molecular formula is C13H13ClN2. The van der Waals surface area contributed by atoms with Crippen molar-refractivity contribution in [2.24, 2.45) is 0 Å². The minimum Gasteiger partial charge on any atom is -0.370 e. The summed E-state index contributed by atoms with van der Waals surface area (Å²) < 4.78 is 0. The predicted molar refractivity (Wildman–Crippen MR) is 67.9 cm³/mol. The lowest BCUT2D eigenvalue weighted by Gasteiger charge is -2.05. The van der Waals surface area contributed by atoms with Crippen LogP contribution in [0.15, 0.2) is 48.7 Å². The minimum atomic E-state index is 0.661. The van der Waals surface area contributed by atoms with E-state index in [1.54, 1.807) is 6.20 Å². The summed E-state index contributed by atoms with van der Waals surface area (Å²) >= 11 is 5.75. The maximum Gasteiger partial charge on any atom is 0.125 e. The monoisotopic (exact) mass is 232 g/mol. The van der Waals surface area contributed by atoms with E-state index in [1.807, 2.05) is 18.2 Å². The van der Waals surface area contributed by atoms with E-state index < -0.39 is 0 Å². The molecule has 16 heavy (non-hydrogen) atoms. The highest BCUT2D eigenvalue weighted by Crippen LogP contribution is 2.09. The number of hydrogen-bond acceptors (Lipinski definition) is 2. The first-order chi connectivity index (χ1) is 7.84. The summed E-state index contributed by atoms with van der Waals surface area (Å²) in [5, 5.41) is 3.91. The summed E-state index contributed by atoms with van der Waals surface area (Å²) in [4.78, 5) is 4.17. The van der Waals surface area contributed by atoms with Crippen LogP contribution in [0.1, 0.15) is 5.56 Å². The van der Waals surface area contributed by atoms with Crippen molar-refractivity contribution >= 4 is 17.4 Å². The highest BCUT2D eigenvalue weighted by molar-refractivity contribution is 6.30. The summed E-state index contributed by atoms with van der Waals surface area (Å²) in [5.41, 5.74) is 1.32. The summed E-state index contributed by atoms with van der Waals surface area (Å²) in [6.45, 7) is 0.874. The van der Waals surface area contributed by atoms with Crippen LogP contribution < -0.4 is 5.32 Å². The lowest BCUT2D eigenvalue weighted by atomic mass is 10.1. The Balaban J connectivity index is 1.82. The molecule has 1 aromatic heterocycles. The molecule has 0 unspecified atom stereocenters. The quantitative estimate of drug-likeness (QED) is 0.874. The molecular weight excluding hydrogens is 220 g/mol. The van der Waals surface area contributed by atoms with Gasteiger partial charge in [0.1, 0.15) is 5.82 Å². The highest BCUT2D eigenvalue weighted by atomic mass is 35.5. The van der Waals surface area contributed by atoms with Crippen molar-refractivity contribution in [1.82, 2.24) is 4.98 Å². The molecule has 0 amide bonds. The maximum atomic E-state index is 5.75. The molecule has 0 aliphatic heterocycles. The van der Waals surface area contributed by atoms with Crippen molar-refractivity contribution in [3.05, 3.63) is 59.2 Å². The molecule has 2 aromatic rings. The fourth-order valence-electron chi connectivity index (χ4n) is 1.46. The zero-order valence-corrected chi connectivity index (χ0v) is 9.61. The Labute approximate surface area is 100 Å². The zero-order valence-electron chi connectivity index (χ0n) is 8.86. The first kappa shape index (κ1) is 11.0. The van der Waals surface area contributed by atoms with Crippen molar-refractivity contribution < 1.29 is 0 Å². The molecule has 1 heterocycles. The standard InChI is InChI=1S/C13H13ClN2/c14-12-6-7-13(16-10-12)15-9-8-11-4-2-1-3-5-11/h1-7,10H,8-9H2,(H,15,16). The average Bonchev–Trinajstić information content (AvgIpc) is 2.33. The molecule has 0 radical (unpaired) electrons. The van der Waals surface area contributed by atoms with Crippen molar-refractivity contribution in [1.29, 1.82) is 0 Å². The summed E-state index contributed by atoms with van der Waals surface area (Å²) in [6, 6.07) is 14.1. The number of nitrogens with one attached hydrogen (secondary N) is 1. The molecule has 0 aliphatic carbocycles. The molecule has 0 atom stereocenters. The van der Waals surface area contributed by atoms with Crippen molar-refractivity contribution in [2.45, 2.75) is 6.42 Å². The summed E-state index contributed by atoms with van der Waals surface area (Å²) in [6.07, 6.45) is 2.64. The van der Waals surface area contributed by atoms with Crippen molar-refractivity contribution in [3.8, 4) is 0 Å². The largest absolute Gasteiger partial charge is 0.370 e. The number of anilines is 1. The number of rotatable bonds is 4. The van der Waals surface area contributed by atoms with E-state index >= 15 is 0 Å². The second-order valence-corrected chi connectivity index (χ2v) is 3.96. The topological polar surface area (TPSA) is 24.9 Å². The van der Waals surface area contributed by atoms with E-state index in [2.05, 4.69) is 34.6 Å². The Morgan fingerprint density at radius 2 is 1.88 bits per heavy atom. The summed E-state index contributed by atoms with van der Waals surface area (Å²) in [7, 11) is 0. The van der Waals surface area contributed by atoms with E-state index in [0.717, 1.165) is 18.8 Å². The predicted octanol–water partition coefficient (Wildman–Crippen LogP) is 3.39. The lowest BCUT2D eigenvalue weighted by Crippen LogP contribution is -2.05. The van der Waals surface area contributed by atoms with Gasteiger partial charge in [0.15, 0.2) is 0 Å². The van der Waals surface area contributed by atoms with E-state index in [-0.39, 0.29) is 0 Å². The van der Waals surface area contributed by atoms with E-state index in [0.29, 0.717) is 5.02 Å². The van der Waals surface area contributed by atoms with Gasteiger partial charge in [0.05, 0.1) is 5.02 Å². The normalized spacial score (nSPS) is 10.1. The van der Waals surface area contributed by atoms with Crippen LogP contribution in [0.2, 0.25) is 5.02 Å². The first-order valence-electron chi connectivity index (χ1n) is 5.24. The Hall–Kier alpha value is -1.54. The number of nitrogens with zero attached hydrogens (tertiary/aromatic N) is 1. The molecule has 1 N–H and O–H groups in total. The second kappa shape index (κ2) is 5.52. The van der Waals surface area contributed by atoms with Gasteiger partial charge >= 0.3 is 0 Å². The SMILES string of the molecule is Clc1ccc(NCCc2ccccc2)nc1. The molecule has 2 nitrogen and oxygen atoms in total. The molecule has 0 bridgehead atoms. The Morgan fingerprint density at radius 1 is 1.06 bits per heavy atom. The van der Waals surface area contributed by atoms with Gasteiger partial charge in [-0.2, -0.15) is 0 Å². The zero-order chi connectivity index (χ0) is 11.2. The first-order valence-corrected chi connectivity index (χ1v) is 5.62. The molecule has 3 heteroatoms. The van der Waals surface area contributed by atoms with Gasteiger partial charge < -0.3 is 5.32 Å². The molecule has 1 aromatic carbocycles. The van der Waals surface area contributed by atoms with Crippen molar-refractivity contribution in [3.63, 3.8) is 0 Å². The van der Waals surface area contributed by atoms with Crippen LogP contribution in [0.25, 0.3) is 0 Å². The van der Waals surface area contributed by atoms with Gasteiger partial charge in [-0.05, 0) is 24.1 Å². The van der Waals surface area contributed by atoms with Crippen LogP contribution in [-0.2, 0) is 6.42 Å². The number of hydrogen-bond donors (Lipinski definition) is 1.